The molecule has 184 valence electrons. The number of nitrogens with zero attached hydrogens (tertiary/aromatic N) is 1. The minimum Gasteiger partial charge on any atom is -0.354 e. The maximum Gasteiger partial charge on any atom is 0.243 e. The Morgan fingerprint density at radius 3 is 2.23 bits per heavy atom. The van der Waals surface area contributed by atoms with Gasteiger partial charge in [0, 0.05) is 19.5 Å². The van der Waals surface area contributed by atoms with Crippen LogP contribution in [0.1, 0.15) is 36.1 Å². The van der Waals surface area contributed by atoms with E-state index in [1.54, 1.807) is 17.0 Å². The standard InChI is InChI=1S/C29H32Cl2N2O2/c1-20(2)18-32-29(35)27(16-22-10-5-4-6-11-22)33(19-23-13-14-25(30)26(31)15-23)28(34)17-24-12-8-7-9-21(24)3/h4-15,20,27H,16-19H2,1-3H3,(H,32,35)/t27-/m0/s1. The molecule has 0 fully saturated rings. The molecule has 0 aromatic heterocycles. The third kappa shape index (κ3) is 7.84. The van der Waals surface area contributed by atoms with Crippen molar-refractivity contribution in [2.75, 3.05) is 6.54 Å². The van der Waals surface area contributed by atoms with Crippen LogP contribution in [0.25, 0.3) is 0 Å². The average molecular weight is 511 g/mol. The van der Waals surface area contributed by atoms with Crippen LogP contribution in [-0.2, 0) is 29.0 Å². The number of rotatable bonds is 10. The normalized spacial score (nSPS) is 11.8. The van der Waals surface area contributed by atoms with Crippen LogP contribution in [0.15, 0.2) is 72.8 Å². The van der Waals surface area contributed by atoms with Gasteiger partial charge in [0.2, 0.25) is 11.8 Å². The average Bonchev–Trinajstić information content (AvgIpc) is 2.84. The van der Waals surface area contributed by atoms with Crippen molar-refractivity contribution in [2.45, 2.75) is 46.2 Å². The second kappa shape index (κ2) is 12.8. The van der Waals surface area contributed by atoms with Crippen molar-refractivity contribution in [3.8, 4) is 0 Å². The van der Waals surface area contributed by atoms with Gasteiger partial charge in [0.25, 0.3) is 0 Å². The molecule has 3 rings (SSSR count). The van der Waals surface area contributed by atoms with Gasteiger partial charge in [0.15, 0.2) is 0 Å². The summed E-state index contributed by atoms with van der Waals surface area (Å²) < 4.78 is 0. The van der Waals surface area contributed by atoms with Gasteiger partial charge in [0.1, 0.15) is 6.04 Å². The SMILES string of the molecule is Cc1ccccc1CC(=O)N(Cc1ccc(Cl)c(Cl)c1)[C@@H](Cc1ccccc1)C(=O)NCC(C)C. The lowest BCUT2D eigenvalue weighted by Gasteiger charge is -2.32. The summed E-state index contributed by atoms with van der Waals surface area (Å²) in [6.07, 6.45) is 0.613. The van der Waals surface area contributed by atoms with E-state index < -0.39 is 6.04 Å². The van der Waals surface area contributed by atoms with Crippen molar-refractivity contribution in [1.82, 2.24) is 10.2 Å². The lowest BCUT2D eigenvalue weighted by Crippen LogP contribution is -2.51. The fourth-order valence-electron chi connectivity index (χ4n) is 3.88. The highest BCUT2D eigenvalue weighted by Gasteiger charge is 2.30. The van der Waals surface area contributed by atoms with Crippen LogP contribution in [0, 0.1) is 12.8 Å². The van der Waals surface area contributed by atoms with Crippen molar-refractivity contribution in [3.05, 3.63) is 105 Å². The highest BCUT2D eigenvalue weighted by atomic mass is 35.5. The zero-order chi connectivity index (χ0) is 25.4. The molecule has 4 nitrogen and oxygen atoms in total. The molecule has 0 radical (unpaired) electrons. The molecular weight excluding hydrogens is 479 g/mol. The van der Waals surface area contributed by atoms with Crippen LogP contribution in [0.2, 0.25) is 10.0 Å². The summed E-state index contributed by atoms with van der Waals surface area (Å²) in [5.41, 5.74) is 3.78. The lowest BCUT2D eigenvalue weighted by atomic mass is 10.00. The summed E-state index contributed by atoms with van der Waals surface area (Å²) in [5, 5.41) is 3.90. The fraction of sp³-hybridized carbons (Fsp3) is 0.310. The van der Waals surface area contributed by atoms with Crippen molar-refractivity contribution in [1.29, 1.82) is 0 Å². The molecule has 0 bridgehead atoms. The Bertz CT molecular complexity index is 1150. The number of nitrogens with one attached hydrogen (secondary N) is 1. The smallest absolute Gasteiger partial charge is 0.243 e. The Balaban J connectivity index is 1.98. The lowest BCUT2D eigenvalue weighted by molar-refractivity contribution is -0.140. The summed E-state index contributed by atoms with van der Waals surface area (Å²) >= 11 is 12.4. The maximum atomic E-state index is 13.8. The van der Waals surface area contributed by atoms with Crippen LogP contribution in [0.5, 0.6) is 0 Å². The molecule has 0 saturated carbocycles. The van der Waals surface area contributed by atoms with Crippen molar-refractivity contribution in [3.63, 3.8) is 0 Å². The summed E-state index contributed by atoms with van der Waals surface area (Å²) in [6.45, 7) is 6.86. The fourth-order valence-corrected chi connectivity index (χ4v) is 4.20. The Morgan fingerprint density at radius 1 is 0.886 bits per heavy atom. The Morgan fingerprint density at radius 2 is 1.57 bits per heavy atom. The molecule has 0 aliphatic heterocycles. The van der Waals surface area contributed by atoms with Crippen LogP contribution in [0.4, 0.5) is 0 Å². The molecule has 1 atom stereocenters. The van der Waals surface area contributed by atoms with Gasteiger partial charge in [-0.15, -0.1) is 0 Å². The molecule has 3 aromatic carbocycles. The zero-order valence-electron chi connectivity index (χ0n) is 20.4. The molecule has 3 aromatic rings. The maximum absolute atomic E-state index is 13.8. The predicted molar refractivity (Wildman–Crippen MR) is 144 cm³/mol. The van der Waals surface area contributed by atoms with E-state index in [1.807, 2.05) is 81.4 Å². The van der Waals surface area contributed by atoms with E-state index in [4.69, 9.17) is 23.2 Å². The quantitative estimate of drug-likeness (QED) is 0.350. The summed E-state index contributed by atoms with van der Waals surface area (Å²) in [7, 11) is 0. The summed E-state index contributed by atoms with van der Waals surface area (Å²) in [5.74, 6) is 0.00858. The molecule has 35 heavy (non-hydrogen) atoms. The first-order valence-corrected chi connectivity index (χ1v) is 12.6. The number of carbonyl (C=O) groups is 2. The van der Waals surface area contributed by atoms with Crippen LogP contribution < -0.4 is 5.32 Å². The van der Waals surface area contributed by atoms with Gasteiger partial charge >= 0.3 is 0 Å². The van der Waals surface area contributed by atoms with Crippen molar-refractivity contribution < 1.29 is 9.59 Å². The number of halogens is 2. The second-order valence-electron chi connectivity index (χ2n) is 9.22. The third-order valence-corrected chi connectivity index (χ3v) is 6.63. The third-order valence-electron chi connectivity index (χ3n) is 5.90. The molecular formula is C29H32Cl2N2O2. The molecule has 2 amide bonds. The van der Waals surface area contributed by atoms with Gasteiger partial charge in [-0.1, -0.05) is 97.7 Å². The summed E-state index contributed by atoms with van der Waals surface area (Å²) in [6, 6.07) is 22.2. The van der Waals surface area contributed by atoms with Crippen LogP contribution >= 0.6 is 23.2 Å². The van der Waals surface area contributed by atoms with Crippen LogP contribution in [0.3, 0.4) is 0 Å². The van der Waals surface area contributed by atoms with Gasteiger partial charge in [-0.3, -0.25) is 9.59 Å². The van der Waals surface area contributed by atoms with Gasteiger partial charge in [-0.05, 0) is 47.2 Å². The van der Waals surface area contributed by atoms with Crippen molar-refractivity contribution in [2.24, 2.45) is 5.92 Å². The van der Waals surface area contributed by atoms with Gasteiger partial charge < -0.3 is 10.2 Å². The molecule has 0 unspecified atom stereocenters. The van der Waals surface area contributed by atoms with E-state index in [1.165, 1.54) is 0 Å². The van der Waals surface area contributed by atoms with Crippen LogP contribution in [-0.4, -0.2) is 29.3 Å². The number of amides is 2. The minimum atomic E-state index is -0.679. The molecule has 6 heteroatoms. The Hall–Kier alpha value is -2.82. The topological polar surface area (TPSA) is 49.4 Å². The predicted octanol–water partition coefficient (Wildman–Crippen LogP) is 6.26. The number of hydrogen-bond acceptors (Lipinski definition) is 2. The number of carbonyl (C=O) groups excluding carboxylic acids is 2. The van der Waals surface area contributed by atoms with E-state index in [9.17, 15) is 9.59 Å². The highest BCUT2D eigenvalue weighted by molar-refractivity contribution is 6.42. The number of benzene rings is 3. The second-order valence-corrected chi connectivity index (χ2v) is 10.0. The van der Waals surface area contributed by atoms with E-state index in [0.29, 0.717) is 28.9 Å². The monoisotopic (exact) mass is 510 g/mol. The number of hydrogen-bond donors (Lipinski definition) is 1. The zero-order valence-corrected chi connectivity index (χ0v) is 21.9. The summed E-state index contributed by atoms with van der Waals surface area (Å²) in [4.78, 5) is 28.9. The first kappa shape index (κ1) is 26.8. The molecule has 1 N–H and O–H groups in total. The number of aryl methyl sites for hydroxylation is 1. The first-order valence-electron chi connectivity index (χ1n) is 11.8. The molecule has 0 aliphatic rings. The highest BCUT2D eigenvalue weighted by Crippen LogP contribution is 2.25. The molecule has 0 heterocycles. The minimum absolute atomic E-state index is 0.119. The first-order chi connectivity index (χ1) is 16.7. The van der Waals surface area contributed by atoms with Gasteiger partial charge in [-0.2, -0.15) is 0 Å². The van der Waals surface area contributed by atoms with E-state index in [-0.39, 0.29) is 24.8 Å². The molecule has 0 aliphatic carbocycles. The Labute approximate surface area is 218 Å². The van der Waals surface area contributed by atoms with Gasteiger partial charge in [0.05, 0.1) is 16.5 Å². The molecule has 0 saturated heterocycles. The van der Waals surface area contributed by atoms with E-state index in [2.05, 4.69) is 5.32 Å². The molecule has 0 spiro atoms. The van der Waals surface area contributed by atoms with E-state index in [0.717, 1.165) is 22.3 Å². The van der Waals surface area contributed by atoms with E-state index >= 15 is 0 Å². The van der Waals surface area contributed by atoms with Crippen molar-refractivity contribution >= 4 is 35.0 Å². The largest absolute Gasteiger partial charge is 0.354 e. The Kier molecular flexibility index (Phi) is 9.76. The van der Waals surface area contributed by atoms with Gasteiger partial charge in [-0.25, -0.2) is 0 Å².